The van der Waals surface area contributed by atoms with Gasteiger partial charge in [-0.2, -0.15) is 0 Å². The highest BCUT2D eigenvalue weighted by Gasteiger charge is 2.13. The molecule has 218 valence electrons. The fourth-order valence-corrected chi connectivity index (χ4v) is 7.49. The van der Waals surface area contributed by atoms with E-state index in [0.29, 0.717) is 0 Å². The quantitative estimate of drug-likeness (QED) is 0.185. The maximum Gasteiger partial charge on any atom is 0.135 e. The van der Waals surface area contributed by atoms with E-state index in [2.05, 4.69) is 170 Å². The van der Waals surface area contributed by atoms with Crippen LogP contribution in [0.5, 0.6) is 0 Å². The Balaban J connectivity index is 1.06. The second-order valence-electron chi connectivity index (χ2n) is 12.5. The molecule has 1 heteroatoms. The van der Waals surface area contributed by atoms with Gasteiger partial charge in [0, 0.05) is 10.8 Å². The van der Waals surface area contributed by atoms with Gasteiger partial charge in [-0.1, -0.05) is 127 Å². The number of fused-ring (bicyclic) bond motifs is 8. The molecule has 0 N–H and O–H groups in total. The fraction of sp³-hybridized carbons (Fsp3) is 0. The Hall–Kier alpha value is -6.18. The van der Waals surface area contributed by atoms with Crippen LogP contribution >= 0.6 is 0 Å². The molecule has 0 spiro atoms. The summed E-state index contributed by atoms with van der Waals surface area (Å²) in [6.45, 7) is 0. The Morgan fingerprint density at radius 2 is 0.787 bits per heavy atom. The average Bonchev–Trinajstić information content (AvgIpc) is 3.51. The fourth-order valence-electron chi connectivity index (χ4n) is 7.49. The summed E-state index contributed by atoms with van der Waals surface area (Å²) in [5.41, 5.74) is 9.14. The van der Waals surface area contributed by atoms with E-state index in [0.717, 1.165) is 21.9 Å². The van der Waals surface area contributed by atoms with Crippen LogP contribution in [0.25, 0.3) is 98.4 Å². The standard InChI is InChI=1S/C46H28O/c1-3-11-37-29(8-1)10-7-15-38(37)36-21-23-46-44(28-36)43-26-33(20-22-45(43)47-46)31-16-17-32-25-35(19-18-30(32)24-31)42-27-34-9-2-4-12-39(34)40-13-5-6-14-41(40)42/h1-28H. The highest BCUT2D eigenvalue weighted by atomic mass is 16.3. The smallest absolute Gasteiger partial charge is 0.135 e. The van der Waals surface area contributed by atoms with Crippen LogP contribution in [0.4, 0.5) is 0 Å². The van der Waals surface area contributed by atoms with Crippen LogP contribution < -0.4 is 0 Å². The van der Waals surface area contributed by atoms with Crippen LogP contribution in [-0.2, 0) is 0 Å². The summed E-state index contributed by atoms with van der Waals surface area (Å²) in [6, 6.07) is 61.7. The Morgan fingerprint density at radius 3 is 1.60 bits per heavy atom. The van der Waals surface area contributed by atoms with Gasteiger partial charge in [0.05, 0.1) is 0 Å². The van der Waals surface area contributed by atoms with Gasteiger partial charge in [0.1, 0.15) is 11.2 Å². The van der Waals surface area contributed by atoms with Crippen molar-refractivity contribution in [3.05, 3.63) is 170 Å². The van der Waals surface area contributed by atoms with Gasteiger partial charge < -0.3 is 4.42 Å². The van der Waals surface area contributed by atoms with E-state index in [-0.39, 0.29) is 0 Å². The van der Waals surface area contributed by atoms with E-state index in [9.17, 15) is 0 Å². The molecule has 10 aromatic rings. The monoisotopic (exact) mass is 596 g/mol. The Labute approximate surface area is 271 Å². The summed E-state index contributed by atoms with van der Waals surface area (Å²) in [5, 5.41) is 12.4. The van der Waals surface area contributed by atoms with Gasteiger partial charge in [0.25, 0.3) is 0 Å². The first-order valence-electron chi connectivity index (χ1n) is 16.2. The van der Waals surface area contributed by atoms with Gasteiger partial charge in [-0.15, -0.1) is 0 Å². The molecule has 0 saturated heterocycles. The summed E-state index contributed by atoms with van der Waals surface area (Å²) in [4.78, 5) is 0. The van der Waals surface area contributed by atoms with E-state index in [1.54, 1.807) is 0 Å². The van der Waals surface area contributed by atoms with Gasteiger partial charge in [0.15, 0.2) is 0 Å². The van der Waals surface area contributed by atoms with Crippen LogP contribution in [0, 0.1) is 0 Å². The second-order valence-corrected chi connectivity index (χ2v) is 12.5. The van der Waals surface area contributed by atoms with Crippen LogP contribution in [0.3, 0.4) is 0 Å². The number of hydrogen-bond acceptors (Lipinski definition) is 1. The molecule has 9 aromatic carbocycles. The van der Waals surface area contributed by atoms with Gasteiger partial charge >= 0.3 is 0 Å². The number of hydrogen-bond donors (Lipinski definition) is 0. The molecule has 47 heavy (non-hydrogen) atoms. The van der Waals surface area contributed by atoms with Crippen molar-refractivity contribution in [1.82, 2.24) is 0 Å². The molecule has 0 aliphatic heterocycles. The minimum atomic E-state index is 0.909. The lowest BCUT2D eigenvalue weighted by molar-refractivity contribution is 0.669. The van der Waals surface area contributed by atoms with Crippen LogP contribution in [0.1, 0.15) is 0 Å². The Morgan fingerprint density at radius 1 is 0.255 bits per heavy atom. The van der Waals surface area contributed by atoms with Crippen molar-refractivity contribution in [2.45, 2.75) is 0 Å². The molecule has 0 bridgehead atoms. The molecule has 1 aromatic heterocycles. The minimum absolute atomic E-state index is 0.909. The molecule has 0 aliphatic rings. The summed E-state index contributed by atoms with van der Waals surface area (Å²) in [6.07, 6.45) is 0. The molecule has 10 rings (SSSR count). The first kappa shape index (κ1) is 26.1. The molecule has 0 unspecified atom stereocenters. The maximum absolute atomic E-state index is 6.30. The van der Waals surface area contributed by atoms with E-state index in [1.165, 1.54) is 76.5 Å². The van der Waals surface area contributed by atoms with Crippen LogP contribution in [0.15, 0.2) is 174 Å². The summed E-state index contributed by atoms with van der Waals surface area (Å²) in [5.74, 6) is 0. The van der Waals surface area contributed by atoms with Crippen molar-refractivity contribution in [3.8, 4) is 33.4 Å². The molecule has 0 amide bonds. The van der Waals surface area contributed by atoms with Crippen molar-refractivity contribution in [3.63, 3.8) is 0 Å². The first-order valence-corrected chi connectivity index (χ1v) is 16.2. The van der Waals surface area contributed by atoms with Gasteiger partial charge in [-0.25, -0.2) is 0 Å². The van der Waals surface area contributed by atoms with Crippen molar-refractivity contribution in [2.75, 3.05) is 0 Å². The lowest BCUT2D eigenvalue weighted by Crippen LogP contribution is -1.85. The highest BCUT2D eigenvalue weighted by molar-refractivity contribution is 6.14. The zero-order chi connectivity index (χ0) is 30.9. The predicted molar refractivity (Wildman–Crippen MR) is 200 cm³/mol. The van der Waals surface area contributed by atoms with E-state index < -0.39 is 0 Å². The van der Waals surface area contributed by atoms with Crippen molar-refractivity contribution in [1.29, 1.82) is 0 Å². The maximum atomic E-state index is 6.30. The molecule has 0 aliphatic carbocycles. The molecule has 1 heterocycles. The van der Waals surface area contributed by atoms with Gasteiger partial charge in [-0.05, 0) is 119 Å². The first-order chi connectivity index (χ1) is 23.3. The normalized spacial score (nSPS) is 11.8. The minimum Gasteiger partial charge on any atom is -0.456 e. The molecular weight excluding hydrogens is 569 g/mol. The van der Waals surface area contributed by atoms with Crippen molar-refractivity contribution >= 4 is 65.0 Å². The zero-order valence-electron chi connectivity index (χ0n) is 25.6. The average molecular weight is 597 g/mol. The molecule has 0 fully saturated rings. The largest absolute Gasteiger partial charge is 0.456 e. The van der Waals surface area contributed by atoms with Crippen molar-refractivity contribution < 1.29 is 4.42 Å². The number of furan rings is 1. The van der Waals surface area contributed by atoms with E-state index in [4.69, 9.17) is 4.42 Å². The lowest BCUT2D eigenvalue weighted by Gasteiger charge is -2.12. The van der Waals surface area contributed by atoms with Crippen molar-refractivity contribution in [2.24, 2.45) is 0 Å². The Kier molecular flexibility index (Phi) is 5.64. The zero-order valence-corrected chi connectivity index (χ0v) is 25.6. The molecule has 0 saturated carbocycles. The third-order valence-corrected chi connectivity index (χ3v) is 9.82. The summed E-state index contributed by atoms with van der Waals surface area (Å²) in [7, 11) is 0. The van der Waals surface area contributed by atoms with Crippen LogP contribution in [-0.4, -0.2) is 0 Å². The molecule has 0 atom stereocenters. The highest BCUT2D eigenvalue weighted by Crippen LogP contribution is 2.39. The Bertz CT molecular complexity index is 2850. The van der Waals surface area contributed by atoms with E-state index >= 15 is 0 Å². The third-order valence-electron chi connectivity index (χ3n) is 9.82. The third kappa shape index (κ3) is 4.17. The SMILES string of the molecule is c1ccc2c(-c3ccc4oc5ccc(-c6ccc7cc(-c8cc9ccccc9c9ccccc89)ccc7c6)cc5c4c3)cccc2c1. The second kappa shape index (κ2) is 10.2. The molecular formula is C46H28O. The lowest BCUT2D eigenvalue weighted by atomic mass is 9.92. The van der Waals surface area contributed by atoms with E-state index in [1.807, 2.05) is 0 Å². The molecule has 1 nitrogen and oxygen atoms in total. The topological polar surface area (TPSA) is 13.1 Å². The predicted octanol–water partition coefficient (Wildman–Crippen LogP) is 13.2. The number of rotatable bonds is 3. The molecule has 0 radical (unpaired) electrons. The van der Waals surface area contributed by atoms with Gasteiger partial charge in [-0.3, -0.25) is 0 Å². The van der Waals surface area contributed by atoms with Gasteiger partial charge in [0.2, 0.25) is 0 Å². The number of benzene rings is 9. The summed E-state index contributed by atoms with van der Waals surface area (Å²) >= 11 is 0. The summed E-state index contributed by atoms with van der Waals surface area (Å²) < 4.78 is 6.30. The van der Waals surface area contributed by atoms with Crippen LogP contribution in [0.2, 0.25) is 0 Å².